The fourth-order valence-electron chi connectivity index (χ4n) is 11.9. The first-order valence-electron chi connectivity index (χ1n) is 37.6. The number of aliphatic hydroxyl groups is 3. The Kier molecular flexibility index (Phi) is 42.6. The van der Waals surface area contributed by atoms with Gasteiger partial charge in [-0.05, 0) is 79.1 Å². The Labute approximate surface area is 683 Å². The molecule has 0 unspecified atom stereocenters. The number of nitrogens with one attached hydrogen (secondary N) is 18. The van der Waals surface area contributed by atoms with Crippen molar-refractivity contribution >= 4 is 142 Å². The van der Waals surface area contributed by atoms with Crippen LogP contribution in [0.1, 0.15) is 105 Å². The second-order valence-corrected chi connectivity index (χ2v) is 27.7. The number of nitrogens with two attached hydrogens (primary N) is 3. The summed E-state index contributed by atoms with van der Waals surface area (Å²) in [5.74, 6) is -24.8. The van der Waals surface area contributed by atoms with Crippen molar-refractivity contribution in [2.45, 2.75) is 189 Å². The van der Waals surface area contributed by atoms with E-state index in [1.54, 1.807) is 0 Å². The molecule has 30 N–H and O–H groups in total. The third-order valence-electron chi connectivity index (χ3n) is 18.2. The lowest BCUT2D eigenvalue weighted by atomic mass is 10.1. The normalized spacial score (nSPS) is 17.7. The smallest absolute Gasteiger partial charge is 0.326 e. The van der Waals surface area contributed by atoms with Gasteiger partial charge in [0.25, 0.3) is 0 Å². The van der Waals surface area contributed by atoms with Gasteiger partial charge in [0.15, 0.2) is 5.96 Å². The number of nitrogens with zero attached hydrogens (tertiary/aromatic N) is 3. The zero-order valence-electron chi connectivity index (χ0n) is 65.9. The molecule has 3 rings (SSSR count). The summed E-state index contributed by atoms with van der Waals surface area (Å²) < 4.78 is 0. The van der Waals surface area contributed by atoms with Gasteiger partial charge < -0.3 is 153 Å². The summed E-state index contributed by atoms with van der Waals surface area (Å²) in [6.45, 7) is -2.93. The molecule has 53 heteroatoms. The number of hydrogen-bond donors (Lipinski definition) is 27. The number of β-amino-alcohol motifs (C(OH)–C–C–N with tert-alkyl or cyclic N) is 1. The molecule has 0 saturated carbocycles. The van der Waals surface area contributed by atoms with Crippen LogP contribution in [0, 0.1) is 5.41 Å². The van der Waals surface area contributed by atoms with E-state index in [0.29, 0.717) is 6.42 Å². The average molecular weight is 1710 g/mol. The van der Waals surface area contributed by atoms with Crippen molar-refractivity contribution < 1.29 is 141 Å². The van der Waals surface area contributed by atoms with Gasteiger partial charge >= 0.3 is 17.9 Å². The van der Waals surface area contributed by atoms with Gasteiger partial charge in [-0.25, -0.2) is 4.79 Å². The molecular formula is C67H106N24O29. The Hall–Kier alpha value is -13.1. The first kappa shape index (κ1) is 101. The Morgan fingerprint density at radius 2 is 0.825 bits per heavy atom. The van der Waals surface area contributed by atoms with Crippen LogP contribution in [0.15, 0.2) is 0 Å². The van der Waals surface area contributed by atoms with Crippen molar-refractivity contribution in [3.8, 4) is 0 Å². The number of carboxylic acids is 3. The molecule has 20 amide bonds. The van der Waals surface area contributed by atoms with Gasteiger partial charge in [0, 0.05) is 45.4 Å². The monoisotopic (exact) mass is 1710 g/mol. The summed E-state index contributed by atoms with van der Waals surface area (Å²) in [5, 5.41) is 104. The van der Waals surface area contributed by atoms with Gasteiger partial charge in [-0.1, -0.05) is 0 Å². The minimum atomic E-state index is -2.00. The quantitative estimate of drug-likeness (QED) is 0.0153. The van der Waals surface area contributed by atoms with E-state index in [4.69, 9.17) is 22.6 Å². The minimum Gasteiger partial charge on any atom is -0.481 e. The minimum absolute atomic E-state index is 0.0169. The number of likely N-dealkylation sites (tertiary alicyclic amines) is 3. The molecule has 14 atom stereocenters. The molecule has 3 aliphatic rings. The molecule has 0 aromatic carbocycles. The zero-order valence-corrected chi connectivity index (χ0v) is 65.9. The van der Waals surface area contributed by atoms with Crippen molar-refractivity contribution in [2.75, 3.05) is 85.2 Å². The summed E-state index contributed by atoms with van der Waals surface area (Å²) in [7, 11) is 0. The maximum Gasteiger partial charge on any atom is 0.326 e. The Morgan fingerprint density at radius 1 is 0.408 bits per heavy atom. The zero-order chi connectivity index (χ0) is 90.4. The number of aliphatic hydroxyl groups excluding tert-OH is 3. The van der Waals surface area contributed by atoms with E-state index < -0.39 is 318 Å². The van der Waals surface area contributed by atoms with Crippen molar-refractivity contribution in [2.24, 2.45) is 17.2 Å². The molecule has 53 nitrogen and oxygen atoms in total. The lowest BCUT2D eigenvalue weighted by Gasteiger charge is -2.27. The first-order valence-corrected chi connectivity index (χ1v) is 37.6. The summed E-state index contributed by atoms with van der Waals surface area (Å²) in [5.41, 5.74) is 15.9. The molecule has 3 aliphatic heterocycles. The van der Waals surface area contributed by atoms with Gasteiger partial charge in [0.05, 0.1) is 71.6 Å². The fraction of sp³-hybridized carbons (Fsp3) is 0.642. The number of carboxylic acid groups (broad SMARTS) is 3. The molecule has 0 spiro atoms. The van der Waals surface area contributed by atoms with Crippen molar-refractivity contribution in [3.05, 3.63) is 0 Å². The predicted octanol–water partition coefficient (Wildman–Crippen LogP) is -16.5. The highest BCUT2D eigenvalue weighted by Crippen LogP contribution is 2.21. The fourth-order valence-corrected chi connectivity index (χ4v) is 11.9. The number of guanidine groups is 1. The van der Waals surface area contributed by atoms with Crippen LogP contribution in [-0.4, -0.2) is 357 Å². The Balaban J connectivity index is 1.51. The summed E-state index contributed by atoms with van der Waals surface area (Å²) in [6, 6.07) is -19.5. The molecular weight excluding hydrogens is 1600 g/mol. The highest BCUT2D eigenvalue weighted by molar-refractivity contribution is 6.01. The van der Waals surface area contributed by atoms with Crippen LogP contribution in [0.5, 0.6) is 0 Å². The molecule has 3 heterocycles. The van der Waals surface area contributed by atoms with E-state index in [1.807, 2.05) is 0 Å². The van der Waals surface area contributed by atoms with E-state index in [2.05, 4.69) is 90.4 Å². The van der Waals surface area contributed by atoms with Gasteiger partial charge in [0.1, 0.15) is 78.5 Å². The van der Waals surface area contributed by atoms with Crippen molar-refractivity contribution in [3.63, 3.8) is 0 Å². The molecule has 0 aromatic rings. The molecule has 3 fully saturated rings. The predicted molar refractivity (Wildman–Crippen MR) is 403 cm³/mol. The average Bonchev–Trinajstić information content (AvgIpc) is 1.61. The highest BCUT2D eigenvalue weighted by Gasteiger charge is 2.43. The van der Waals surface area contributed by atoms with Crippen LogP contribution in [0.2, 0.25) is 0 Å². The third kappa shape index (κ3) is 35.0. The number of rotatable bonds is 50. The molecule has 120 heavy (non-hydrogen) atoms. The van der Waals surface area contributed by atoms with Crippen LogP contribution in [0.4, 0.5) is 0 Å². The molecule has 0 radical (unpaired) electrons. The van der Waals surface area contributed by atoms with Crippen LogP contribution in [0.3, 0.4) is 0 Å². The number of carbonyl (C=O) groups is 23. The molecule has 0 aliphatic carbocycles. The molecule has 3 saturated heterocycles. The summed E-state index contributed by atoms with van der Waals surface area (Å²) in [6.07, 6.45) is -4.19. The summed E-state index contributed by atoms with van der Waals surface area (Å²) in [4.78, 5) is 299. The van der Waals surface area contributed by atoms with Gasteiger partial charge in [-0.2, -0.15) is 0 Å². The maximum absolute atomic E-state index is 13.7. The van der Waals surface area contributed by atoms with Gasteiger partial charge in [-0.15, -0.1) is 0 Å². The van der Waals surface area contributed by atoms with Crippen LogP contribution in [-0.2, 0) is 110 Å². The lowest BCUT2D eigenvalue weighted by molar-refractivity contribution is -0.142. The van der Waals surface area contributed by atoms with E-state index in [9.17, 15) is 141 Å². The highest BCUT2D eigenvalue weighted by atomic mass is 16.4. The number of hydrogen-bond acceptors (Lipinski definition) is 28. The number of carbonyl (C=O) groups excluding carboxylic acids is 20. The molecule has 0 aromatic heterocycles. The van der Waals surface area contributed by atoms with E-state index in [-0.39, 0.29) is 64.2 Å². The largest absolute Gasteiger partial charge is 0.481 e. The third-order valence-corrected chi connectivity index (χ3v) is 18.2. The van der Waals surface area contributed by atoms with Crippen LogP contribution >= 0.6 is 0 Å². The lowest BCUT2D eigenvalue weighted by Crippen LogP contribution is -2.57. The topological polar surface area (TPSA) is 830 Å². The number of primary amides is 1. The Morgan fingerprint density at radius 3 is 1.30 bits per heavy atom. The van der Waals surface area contributed by atoms with E-state index in [0.717, 1.165) is 16.7 Å². The van der Waals surface area contributed by atoms with E-state index >= 15 is 0 Å². The summed E-state index contributed by atoms with van der Waals surface area (Å²) >= 11 is 0. The van der Waals surface area contributed by atoms with Crippen LogP contribution < -0.4 is 108 Å². The SMILES string of the molecule is C[C@H](NC(=O)[C@H](CO)NC(=O)CNC(=O)[C@H](CO)NC(=O)[C@@H]1CCCN1C(=O)CN)C(=O)NCC(=O)N[C@@H](C)C(=O)N1C[C@H](O)C[C@H]1C(=O)NCC(=O)N[C@@H](CCC(N)=O)C(=O)N[C@@H](CC(=O)O)C(=O)NCC(=O)N1CCC[C@H]1C(=O)N[C@@H](C)C(=O)NCC(=O)N[C@@H](CCC(=O)O)C(=O)N[C@@H](C)C(=O)NCC(=O)N[C@@H](CCCNC(=N)N)C(=O)O. The molecule has 0 bridgehead atoms. The van der Waals surface area contributed by atoms with Gasteiger partial charge in [-0.3, -0.25) is 111 Å². The standard InChI is InChI=1S/C67H106N24O29/c1-30(54(107)75-23-48(99)85-37(66(119)120)8-5-15-72-67(70)71)80-59(112)36(12-14-52(103)104)84-46(97)22-74-56(109)32(3)82-63(116)41-9-7-17-90(41)51(102)26-78-57(110)38(19-53(105)106)87-60(113)35(11-13-44(69)95)83-47(98)25-77-62(115)43-18-34(94)27-91(43)65(118)33(4)79-45(96)21-73-55(108)31(2)81-61(114)40(29-93)86-49(100)24-76-58(111)39(28-92)88-64(117)42-10-6-16-89(42)50(101)20-68/h30-43,92-94H,5-29,68H2,1-4H3,(H2,69,95)(H,73,108)(H,74,109)(H,75,107)(H,76,111)(H,77,115)(H,78,110)(H,79,96)(H,80,112)(H,81,114)(H,82,116)(H,83,98)(H,84,97)(H,85,99)(H,86,100)(H,87,113)(H,88,117)(H,103,104)(H,105,106)(H,119,120)(H4,70,71,72)/t30-,31-,32-,33-,34+,35-,36-,37-,38-,39-,40-,41-,42-,43-/m0/s1. The van der Waals surface area contributed by atoms with E-state index in [1.165, 1.54) is 25.7 Å². The number of aliphatic carboxylic acids is 3. The first-order chi connectivity index (χ1) is 56.4. The van der Waals surface area contributed by atoms with Crippen molar-refractivity contribution in [1.29, 1.82) is 5.41 Å². The van der Waals surface area contributed by atoms with Gasteiger partial charge in [0.2, 0.25) is 118 Å². The Bertz CT molecular complexity index is 3810. The second kappa shape index (κ2) is 50.5. The van der Waals surface area contributed by atoms with Crippen molar-refractivity contribution in [1.82, 2.24) is 105 Å². The van der Waals surface area contributed by atoms with Crippen LogP contribution in [0.25, 0.3) is 0 Å². The maximum atomic E-state index is 13.7. The number of amides is 20. The second-order valence-electron chi connectivity index (χ2n) is 27.7. The molecule has 668 valence electrons.